The highest BCUT2D eigenvalue weighted by Crippen LogP contribution is 2.30. The second-order valence-electron chi connectivity index (χ2n) is 7.70. The summed E-state index contributed by atoms with van der Waals surface area (Å²) in [7, 11) is 1.57. The Balaban J connectivity index is 1.52. The molecule has 0 aromatic carbocycles. The van der Waals surface area contributed by atoms with Crippen LogP contribution in [0.5, 0.6) is 5.75 Å². The fourth-order valence-corrected chi connectivity index (χ4v) is 3.95. The lowest BCUT2D eigenvalue weighted by Gasteiger charge is -2.28. The predicted octanol–water partition coefficient (Wildman–Crippen LogP) is 1.28. The van der Waals surface area contributed by atoms with Crippen molar-refractivity contribution in [3.8, 4) is 17.1 Å². The van der Waals surface area contributed by atoms with Gasteiger partial charge in [-0.3, -0.25) is 0 Å². The quantitative estimate of drug-likeness (QED) is 0.600. The minimum absolute atomic E-state index is 0.0276. The number of nitrogens with zero attached hydrogens (tertiary/aromatic N) is 6. The van der Waals surface area contributed by atoms with E-state index in [1.54, 1.807) is 13.2 Å². The molecule has 2 atom stereocenters. The maximum atomic E-state index is 14.8. The number of alkyl halides is 1. The Bertz CT molecular complexity index is 1100. The third kappa shape index (κ3) is 3.91. The fourth-order valence-electron chi connectivity index (χ4n) is 3.95. The molecule has 10 nitrogen and oxygen atoms in total. The largest absolute Gasteiger partial charge is 0.493 e. The monoisotopic (exact) mass is 446 g/mol. The number of hydrogen-bond acceptors (Lipinski definition) is 9. The van der Waals surface area contributed by atoms with Crippen LogP contribution in [-0.4, -0.2) is 83.3 Å². The molecule has 0 aliphatic carbocycles. The highest BCUT2D eigenvalue weighted by Gasteiger charge is 2.26. The molecule has 0 spiro atoms. The van der Waals surface area contributed by atoms with Gasteiger partial charge in [-0.1, -0.05) is 0 Å². The van der Waals surface area contributed by atoms with Crippen LogP contribution in [-0.2, 0) is 4.74 Å². The average Bonchev–Trinajstić information content (AvgIpc) is 3.24. The van der Waals surface area contributed by atoms with E-state index in [1.165, 1.54) is 10.7 Å². The van der Waals surface area contributed by atoms with Gasteiger partial charge in [0, 0.05) is 25.7 Å². The van der Waals surface area contributed by atoms with Crippen LogP contribution in [0.4, 0.5) is 20.5 Å². The third-order valence-corrected chi connectivity index (χ3v) is 5.67. The van der Waals surface area contributed by atoms with E-state index < -0.39 is 18.0 Å². The van der Waals surface area contributed by atoms with Crippen molar-refractivity contribution in [1.29, 1.82) is 0 Å². The number of methoxy groups -OCH3 is 1. The second-order valence-corrected chi connectivity index (χ2v) is 7.70. The molecule has 0 radical (unpaired) electrons. The number of halogens is 2. The lowest BCUT2D eigenvalue weighted by molar-refractivity contribution is 0.122. The summed E-state index contributed by atoms with van der Waals surface area (Å²) < 4.78 is 41.4. The SMILES string of the molecule is COc1cc2ncc(-c3nc(N[C@H]4CNCC[C@@H]4F)ncc3F)n2nc1N1CCOCC1. The van der Waals surface area contributed by atoms with Gasteiger partial charge in [-0.15, -0.1) is 5.10 Å². The molecule has 2 saturated heterocycles. The number of piperidine rings is 1. The van der Waals surface area contributed by atoms with E-state index in [0.29, 0.717) is 68.7 Å². The van der Waals surface area contributed by atoms with Crippen LogP contribution in [0.3, 0.4) is 0 Å². The zero-order valence-electron chi connectivity index (χ0n) is 17.6. The summed E-state index contributed by atoms with van der Waals surface area (Å²) in [6.45, 7) is 3.55. The molecule has 170 valence electrons. The first-order valence-corrected chi connectivity index (χ1v) is 10.5. The van der Waals surface area contributed by atoms with E-state index in [2.05, 4.69) is 30.7 Å². The number of nitrogens with one attached hydrogen (secondary N) is 2. The molecule has 0 unspecified atom stereocenters. The van der Waals surface area contributed by atoms with Crippen molar-refractivity contribution in [3.05, 3.63) is 24.3 Å². The van der Waals surface area contributed by atoms with Crippen LogP contribution in [0.2, 0.25) is 0 Å². The van der Waals surface area contributed by atoms with Gasteiger partial charge in [0.25, 0.3) is 0 Å². The minimum atomic E-state index is -1.03. The number of anilines is 2. The van der Waals surface area contributed by atoms with Gasteiger partial charge in [-0.25, -0.2) is 28.2 Å². The Kier molecular flexibility index (Phi) is 5.70. The standard InChI is InChI=1S/C20H24F2N8O2/c1-31-16-8-17-24-11-15(30(17)28-19(16)29-4-6-32-7-5-29)18-13(22)9-25-20(27-18)26-14-10-23-3-2-12(14)21/h8-9,11-12,14,23H,2-7,10H2,1H3,(H,25,26,27)/t12-,14-/m0/s1. The molecule has 2 N–H and O–H groups in total. The van der Waals surface area contributed by atoms with Gasteiger partial charge in [0.15, 0.2) is 23.0 Å². The first-order valence-electron chi connectivity index (χ1n) is 10.5. The Morgan fingerprint density at radius 2 is 2.09 bits per heavy atom. The number of morpholine rings is 1. The van der Waals surface area contributed by atoms with Crippen LogP contribution >= 0.6 is 0 Å². The summed E-state index contributed by atoms with van der Waals surface area (Å²) in [5, 5.41) is 10.8. The van der Waals surface area contributed by atoms with E-state index in [1.807, 2.05) is 4.90 Å². The molecule has 2 fully saturated rings. The lowest BCUT2D eigenvalue weighted by Crippen LogP contribution is -2.46. The molecule has 0 saturated carbocycles. The van der Waals surface area contributed by atoms with E-state index in [-0.39, 0.29) is 11.6 Å². The van der Waals surface area contributed by atoms with Crippen molar-refractivity contribution in [3.63, 3.8) is 0 Å². The van der Waals surface area contributed by atoms with Crippen molar-refractivity contribution >= 4 is 17.4 Å². The van der Waals surface area contributed by atoms with E-state index in [0.717, 1.165) is 6.20 Å². The number of imidazole rings is 1. The molecule has 32 heavy (non-hydrogen) atoms. The van der Waals surface area contributed by atoms with Gasteiger partial charge in [-0.2, -0.15) is 0 Å². The van der Waals surface area contributed by atoms with Crippen molar-refractivity contribution < 1.29 is 18.3 Å². The maximum Gasteiger partial charge on any atom is 0.223 e. The Morgan fingerprint density at radius 3 is 2.88 bits per heavy atom. The molecular formula is C20H24F2N8O2. The maximum absolute atomic E-state index is 14.8. The summed E-state index contributed by atoms with van der Waals surface area (Å²) in [4.78, 5) is 14.7. The first kappa shape index (κ1) is 20.8. The highest BCUT2D eigenvalue weighted by atomic mass is 19.1. The third-order valence-electron chi connectivity index (χ3n) is 5.67. The van der Waals surface area contributed by atoms with Crippen molar-refractivity contribution in [1.82, 2.24) is 29.9 Å². The molecule has 3 aromatic heterocycles. The molecular weight excluding hydrogens is 422 g/mol. The number of ether oxygens (including phenoxy) is 2. The van der Waals surface area contributed by atoms with Crippen molar-refractivity contribution in [2.24, 2.45) is 0 Å². The Morgan fingerprint density at radius 1 is 1.25 bits per heavy atom. The highest BCUT2D eigenvalue weighted by molar-refractivity contribution is 5.65. The summed E-state index contributed by atoms with van der Waals surface area (Å²) in [6, 6.07) is 1.26. The van der Waals surface area contributed by atoms with Crippen LogP contribution in [0, 0.1) is 5.82 Å². The molecule has 5 heterocycles. The van der Waals surface area contributed by atoms with Gasteiger partial charge in [0.1, 0.15) is 17.6 Å². The van der Waals surface area contributed by atoms with E-state index in [4.69, 9.17) is 9.47 Å². The molecule has 3 aromatic rings. The number of rotatable bonds is 5. The zero-order chi connectivity index (χ0) is 22.1. The summed E-state index contributed by atoms with van der Waals surface area (Å²) >= 11 is 0. The molecule has 0 amide bonds. The van der Waals surface area contributed by atoms with Gasteiger partial charge in [0.05, 0.1) is 38.8 Å². The van der Waals surface area contributed by atoms with Gasteiger partial charge in [-0.05, 0) is 13.0 Å². The summed E-state index contributed by atoms with van der Waals surface area (Å²) in [5.41, 5.74) is 0.875. The Labute approximate surface area is 183 Å². The number of aromatic nitrogens is 5. The van der Waals surface area contributed by atoms with Crippen LogP contribution in [0.15, 0.2) is 18.5 Å². The number of hydrogen-bond donors (Lipinski definition) is 2. The molecule has 5 rings (SSSR count). The van der Waals surface area contributed by atoms with Crippen molar-refractivity contribution in [2.45, 2.75) is 18.6 Å². The van der Waals surface area contributed by atoms with E-state index in [9.17, 15) is 8.78 Å². The zero-order valence-corrected chi connectivity index (χ0v) is 17.6. The van der Waals surface area contributed by atoms with Crippen LogP contribution in [0.25, 0.3) is 17.0 Å². The predicted molar refractivity (Wildman–Crippen MR) is 113 cm³/mol. The fraction of sp³-hybridized carbons (Fsp3) is 0.500. The van der Waals surface area contributed by atoms with Crippen LogP contribution in [0.1, 0.15) is 6.42 Å². The normalized spacial score (nSPS) is 21.7. The van der Waals surface area contributed by atoms with Gasteiger partial charge < -0.3 is 25.0 Å². The second kappa shape index (κ2) is 8.79. The van der Waals surface area contributed by atoms with Crippen LogP contribution < -0.4 is 20.3 Å². The number of fused-ring (bicyclic) bond motifs is 1. The molecule has 12 heteroatoms. The summed E-state index contributed by atoms with van der Waals surface area (Å²) in [6.07, 6.45) is 1.93. The molecule has 0 bridgehead atoms. The van der Waals surface area contributed by atoms with Gasteiger partial charge in [0.2, 0.25) is 5.95 Å². The first-order chi connectivity index (χ1) is 15.6. The average molecular weight is 446 g/mol. The van der Waals surface area contributed by atoms with Crippen molar-refractivity contribution in [2.75, 3.05) is 56.7 Å². The molecule has 2 aliphatic heterocycles. The Hall–Kier alpha value is -3.12. The molecule has 2 aliphatic rings. The lowest BCUT2D eigenvalue weighted by atomic mass is 10.1. The minimum Gasteiger partial charge on any atom is -0.493 e. The summed E-state index contributed by atoms with van der Waals surface area (Å²) in [5.74, 6) is 0.709. The van der Waals surface area contributed by atoms with E-state index >= 15 is 0 Å². The topological polar surface area (TPSA) is 102 Å². The smallest absolute Gasteiger partial charge is 0.223 e. The van der Waals surface area contributed by atoms with Gasteiger partial charge >= 0.3 is 0 Å².